The molecule has 2 atom stereocenters. The summed E-state index contributed by atoms with van der Waals surface area (Å²) in [6.07, 6.45) is 2.75. The van der Waals surface area contributed by atoms with Crippen molar-refractivity contribution in [2.24, 2.45) is 0 Å². The molecule has 2 aromatic rings. The van der Waals surface area contributed by atoms with Crippen LogP contribution in [-0.2, 0) is 0 Å². The number of rotatable bonds is 6. The summed E-state index contributed by atoms with van der Waals surface area (Å²) in [7, 11) is 0. The van der Waals surface area contributed by atoms with Gasteiger partial charge in [-0.05, 0) is 30.7 Å². The Labute approximate surface area is 127 Å². The van der Waals surface area contributed by atoms with E-state index in [4.69, 9.17) is 4.74 Å². The van der Waals surface area contributed by atoms with Crippen molar-refractivity contribution in [3.05, 3.63) is 66.2 Å². The molecule has 0 N–H and O–H groups in total. The highest BCUT2D eigenvalue weighted by Crippen LogP contribution is 2.36. The summed E-state index contributed by atoms with van der Waals surface area (Å²) in [5.41, 5.74) is 1.36. The highest BCUT2D eigenvalue weighted by atomic mass is 16.5. The molecule has 2 aromatic carbocycles. The van der Waals surface area contributed by atoms with Crippen LogP contribution in [-0.4, -0.2) is 24.1 Å². The molecular formula is C19H23NO. The quantitative estimate of drug-likeness (QED) is 0.783. The Balaban J connectivity index is 1.72. The first kappa shape index (κ1) is 14.2. The molecule has 1 fully saturated rings. The second kappa shape index (κ2) is 6.77. The number of likely N-dealkylation sites (tertiary alicyclic amines) is 1. The maximum Gasteiger partial charge on any atom is 0.131 e. The highest BCUT2D eigenvalue weighted by molar-refractivity contribution is 5.26. The first-order valence-electron chi connectivity index (χ1n) is 7.89. The number of unbranched alkanes of at least 4 members (excludes halogenated alkanes) is 1. The third kappa shape index (κ3) is 3.27. The zero-order valence-corrected chi connectivity index (χ0v) is 12.6. The third-order valence-electron chi connectivity index (χ3n) is 4.13. The summed E-state index contributed by atoms with van der Waals surface area (Å²) in [6.45, 7) is 4.43. The Bertz CT molecular complexity index is 540. The largest absolute Gasteiger partial charge is 0.487 e. The number of hydrogen-bond acceptors (Lipinski definition) is 2. The molecule has 0 aromatic heterocycles. The molecule has 1 saturated heterocycles. The molecular weight excluding hydrogens is 258 g/mol. The van der Waals surface area contributed by atoms with Crippen LogP contribution in [0.25, 0.3) is 0 Å². The van der Waals surface area contributed by atoms with Crippen molar-refractivity contribution in [1.82, 2.24) is 4.90 Å². The van der Waals surface area contributed by atoms with E-state index in [0.717, 1.165) is 18.8 Å². The molecule has 1 aliphatic heterocycles. The van der Waals surface area contributed by atoms with E-state index < -0.39 is 0 Å². The summed E-state index contributed by atoms with van der Waals surface area (Å²) in [6, 6.07) is 21.3. The van der Waals surface area contributed by atoms with E-state index in [0.29, 0.717) is 6.04 Å². The van der Waals surface area contributed by atoms with Crippen molar-refractivity contribution in [3.63, 3.8) is 0 Å². The van der Waals surface area contributed by atoms with Crippen molar-refractivity contribution >= 4 is 0 Å². The topological polar surface area (TPSA) is 12.5 Å². The van der Waals surface area contributed by atoms with E-state index in [1.54, 1.807) is 0 Å². The molecule has 0 spiro atoms. The summed E-state index contributed by atoms with van der Waals surface area (Å²) in [5, 5.41) is 0. The minimum absolute atomic E-state index is 0.256. The van der Waals surface area contributed by atoms with Crippen LogP contribution in [0.2, 0.25) is 0 Å². The van der Waals surface area contributed by atoms with Crippen LogP contribution >= 0.6 is 0 Å². The average molecular weight is 281 g/mol. The van der Waals surface area contributed by atoms with Crippen LogP contribution in [0.3, 0.4) is 0 Å². The molecule has 1 heterocycles. The number of hydrogen-bond donors (Lipinski definition) is 0. The molecule has 0 saturated carbocycles. The van der Waals surface area contributed by atoms with Gasteiger partial charge < -0.3 is 4.74 Å². The number of ether oxygens (including phenoxy) is 1. The lowest BCUT2D eigenvalue weighted by molar-refractivity contribution is -0.0479. The van der Waals surface area contributed by atoms with Gasteiger partial charge in [0.2, 0.25) is 0 Å². The van der Waals surface area contributed by atoms with E-state index >= 15 is 0 Å². The van der Waals surface area contributed by atoms with E-state index in [9.17, 15) is 0 Å². The van der Waals surface area contributed by atoms with Crippen molar-refractivity contribution in [1.29, 1.82) is 0 Å². The second-order valence-electron chi connectivity index (χ2n) is 5.67. The highest BCUT2D eigenvalue weighted by Gasteiger charge is 2.41. The van der Waals surface area contributed by atoms with Gasteiger partial charge in [-0.2, -0.15) is 0 Å². The molecule has 2 unspecified atom stereocenters. The maximum atomic E-state index is 6.19. The van der Waals surface area contributed by atoms with Crippen molar-refractivity contribution in [2.45, 2.75) is 31.9 Å². The fourth-order valence-corrected chi connectivity index (χ4v) is 2.98. The normalized spacial score (nSPS) is 21.8. The predicted molar refractivity (Wildman–Crippen MR) is 86.5 cm³/mol. The molecule has 3 rings (SSSR count). The standard InChI is InChI=1S/C19H23NO/c1-2-3-14-20-15-18(21-17-12-8-5-9-13-17)19(20)16-10-6-4-7-11-16/h4-13,18-19H,2-3,14-15H2,1H3. The number of nitrogens with zero attached hydrogens (tertiary/aromatic N) is 1. The smallest absolute Gasteiger partial charge is 0.131 e. The van der Waals surface area contributed by atoms with Gasteiger partial charge in [0.15, 0.2) is 0 Å². The van der Waals surface area contributed by atoms with Crippen molar-refractivity contribution in [3.8, 4) is 5.75 Å². The SMILES string of the molecule is CCCCN1CC(Oc2ccccc2)C1c1ccccc1. The molecule has 0 bridgehead atoms. The third-order valence-corrected chi connectivity index (χ3v) is 4.13. The van der Waals surface area contributed by atoms with Gasteiger partial charge in [0.05, 0.1) is 6.04 Å². The first-order valence-corrected chi connectivity index (χ1v) is 7.89. The van der Waals surface area contributed by atoms with Crippen LogP contribution in [0.15, 0.2) is 60.7 Å². The van der Waals surface area contributed by atoms with E-state index in [1.165, 1.54) is 18.4 Å². The lowest BCUT2D eigenvalue weighted by atomic mass is 9.91. The summed E-state index contributed by atoms with van der Waals surface area (Å²) in [5.74, 6) is 0.971. The van der Waals surface area contributed by atoms with Gasteiger partial charge in [-0.15, -0.1) is 0 Å². The monoisotopic (exact) mass is 281 g/mol. The molecule has 0 aliphatic carbocycles. The van der Waals surface area contributed by atoms with Crippen LogP contribution in [0.1, 0.15) is 31.4 Å². The molecule has 21 heavy (non-hydrogen) atoms. The summed E-state index contributed by atoms with van der Waals surface area (Å²) >= 11 is 0. The van der Waals surface area contributed by atoms with Gasteiger partial charge in [0.25, 0.3) is 0 Å². The Hall–Kier alpha value is -1.80. The molecule has 0 radical (unpaired) electrons. The van der Waals surface area contributed by atoms with Crippen molar-refractivity contribution in [2.75, 3.05) is 13.1 Å². The fraction of sp³-hybridized carbons (Fsp3) is 0.368. The summed E-state index contributed by atoms with van der Waals surface area (Å²) in [4.78, 5) is 2.53. The van der Waals surface area contributed by atoms with Crippen LogP contribution < -0.4 is 4.74 Å². The summed E-state index contributed by atoms with van der Waals surface area (Å²) < 4.78 is 6.19. The lowest BCUT2D eigenvalue weighted by Gasteiger charge is -2.48. The second-order valence-corrected chi connectivity index (χ2v) is 5.67. The zero-order valence-electron chi connectivity index (χ0n) is 12.6. The molecule has 2 nitrogen and oxygen atoms in total. The van der Waals surface area contributed by atoms with Gasteiger partial charge in [0, 0.05) is 6.54 Å². The van der Waals surface area contributed by atoms with Crippen LogP contribution in [0.5, 0.6) is 5.75 Å². The first-order chi connectivity index (χ1) is 10.4. The average Bonchev–Trinajstić information content (AvgIpc) is 2.52. The van der Waals surface area contributed by atoms with E-state index in [2.05, 4.69) is 42.2 Å². The van der Waals surface area contributed by atoms with E-state index in [-0.39, 0.29) is 6.10 Å². The molecule has 0 amide bonds. The molecule has 2 heteroatoms. The Morgan fingerprint density at radius 2 is 1.67 bits per heavy atom. The fourth-order valence-electron chi connectivity index (χ4n) is 2.98. The van der Waals surface area contributed by atoms with Crippen molar-refractivity contribution < 1.29 is 4.74 Å². The van der Waals surface area contributed by atoms with Gasteiger partial charge in [-0.1, -0.05) is 61.9 Å². The van der Waals surface area contributed by atoms with E-state index in [1.807, 2.05) is 30.3 Å². The maximum absolute atomic E-state index is 6.19. The van der Waals surface area contributed by atoms with Gasteiger partial charge >= 0.3 is 0 Å². The Kier molecular flexibility index (Phi) is 4.56. The lowest BCUT2D eigenvalue weighted by Crippen LogP contribution is -2.56. The Morgan fingerprint density at radius 1 is 1.00 bits per heavy atom. The zero-order chi connectivity index (χ0) is 14.5. The molecule has 1 aliphatic rings. The number of benzene rings is 2. The van der Waals surface area contributed by atoms with Gasteiger partial charge in [0.1, 0.15) is 11.9 Å². The minimum Gasteiger partial charge on any atom is -0.487 e. The van der Waals surface area contributed by atoms with Gasteiger partial charge in [-0.25, -0.2) is 0 Å². The van der Waals surface area contributed by atoms with Crippen LogP contribution in [0.4, 0.5) is 0 Å². The minimum atomic E-state index is 0.256. The molecule has 110 valence electrons. The van der Waals surface area contributed by atoms with Gasteiger partial charge in [-0.3, -0.25) is 4.90 Å². The predicted octanol–water partition coefficient (Wildman–Crippen LogP) is 4.29. The Morgan fingerprint density at radius 3 is 2.33 bits per heavy atom. The number of para-hydroxylation sites is 1. The van der Waals surface area contributed by atoms with Crippen LogP contribution in [0, 0.1) is 0 Å².